The van der Waals surface area contributed by atoms with Gasteiger partial charge in [-0.1, -0.05) is 6.92 Å². The summed E-state index contributed by atoms with van der Waals surface area (Å²) in [5, 5.41) is 4.48. The lowest BCUT2D eigenvalue weighted by atomic mass is 10.2. The van der Waals surface area contributed by atoms with E-state index in [0.717, 1.165) is 18.0 Å². The summed E-state index contributed by atoms with van der Waals surface area (Å²) in [6.07, 6.45) is 3.08. The van der Waals surface area contributed by atoms with Gasteiger partial charge in [0.15, 0.2) is 0 Å². The smallest absolute Gasteiger partial charge is 0.119 e. The molecule has 14 heavy (non-hydrogen) atoms. The lowest BCUT2D eigenvalue weighted by molar-refractivity contribution is 0.184. The van der Waals surface area contributed by atoms with Gasteiger partial charge in [-0.05, 0) is 13.3 Å². The third-order valence-electron chi connectivity index (χ3n) is 2.11. The first kappa shape index (κ1) is 11.6. The summed E-state index contributed by atoms with van der Waals surface area (Å²) in [6.45, 7) is 5.90. The zero-order valence-electron chi connectivity index (χ0n) is 9.04. The lowest BCUT2D eigenvalue weighted by Crippen LogP contribution is -2.23. The van der Waals surface area contributed by atoms with E-state index in [4.69, 9.17) is 4.74 Å². The summed E-state index contributed by atoms with van der Waals surface area (Å²) in [6, 6.07) is 0.572. The van der Waals surface area contributed by atoms with Gasteiger partial charge in [0.1, 0.15) is 5.01 Å². The topological polar surface area (TPSA) is 34.2 Å². The zero-order valence-corrected chi connectivity index (χ0v) is 9.86. The van der Waals surface area contributed by atoms with Crippen molar-refractivity contribution in [1.82, 2.24) is 10.3 Å². The third-order valence-corrected chi connectivity index (χ3v) is 3.08. The van der Waals surface area contributed by atoms with Gasteiger partial charge < -0.3 is 10.1 Å². The van der Waals surface area contributed by atoms with E-state index in [9.17, 15) is 0 Å². The Kier molecular flexibility index (Phi) is 5.07. The van der Waals surface area contributed by atoms with Gasteiger partial charge in [0.2, 0.25) is 0 Å². The number of rotatable bonds is 6. The maximum Gasteiger partial charge on any atom is 0.119 e. The van der Waals surface area contributed by atoms with Crippen LogP contribution in [0.3, 0.4) is 0 Å². The minimum Gasteiger partial charge on any atom is -0.378 e. The summed E-state index contributed by atoms with van der Waals surface area (Å²) in [4.78, 5) is 5.54. The van der Waals surface area contributed by atoms with E-state index in [1.807, 2.05) is 6.20 Å². The summed E-state index contributed by atoms with van der Waals surface area (Å²) < 4.78 is 5.02. The Balaban J connectivity index is 2.35. The molecule has 0 aromatic carbocycles. The van der Waals surface area contributed by atoms with E-state index < -0.39 is 0 Å². The van der Waals surface area contributed by atoms with Crippen molar-refractivity contribution >= 4 is 11.3 Å². The van der Waals surface area contributed by atoms with Crippen LogP contribution < -0.4 is 5.32 Å². The maximum absolute atomic E-state index is 5.02. The van der Waals surface area contributed by atoms with Crippen molar-refractivity contribution in [1.29, 1.82) is 0 Å². The molecule has 0 saturated heterocycles. The second kappa shape index (κ2) is 6.11. The molecule has 1 atom stereocenters. The van der Waals surface area contributed by atoms with Gasteiger partial charge in [-0.25, -0.2) is 4.98 Å². The Morgan fingerprint density at radius 1 is 1.64 bits per heavy atom. The minimum atomic E-state index is 0.572. The number of ether oxygens (including phenoxy) is 1. The molecule has 1 unspecified atom stereocenters. The Hall–Kier alpha value is -0.450. The molecule has 4 heteroatoms. The number of thiazole rings is 1. The summed E-state index contributed by atoms with van der Waals surface area (Å²) in [5.74, 6) is 0. The van der Waals surface area contributed by atoms with Crippen molar-refractivity contribution in [2.75, 3.05) is 7.11 Å². The number of hydrogen-bond acceptors (Lipinski definition) is 4. The fraction of sp³-hybridized carbons (Fsp3) is 0.700. The van der Waals surface area contributed by atoms with E-state index in [2.05, 4.69) is 24.1 Å². The molecule has 1 rings (SSSR count). The average molecular weight is 214 g/mol. The minimum absolute atomic E-state index is 0.572. The van der Waals surface area contributed by atoms with Gasteiger partial charge in [0.25, 0.3) is 0 Å². The van der Waals surface area contributed by atoms with E-state index in [1.165, 1.54) is 4.88 Å². The van der Waals surface area contributed by atoms with Crippen LogP contribution in [-0.4, -0.2) is 18.1 Å². The first-order chi connectivity index (χ1) is 6.76. The number of methoxy groups -OCH3 is 1. The van der Waals surface area contributed by atoms with Crippen LogP contribution in [0.2, 0.25) is 0 Å². The molecule has 1 N–H and O–H groups in total. The molecular formula is C10H18N2OS. The predicted octanol–water partition coefficient (Wildman–Crippen LogP) is 2.18. The number of nitrogens with one attached hydrogen (secondary N) is 1. The van der Waals surface area contributed by atoms with Crippen LogP contribution in [0.4, 0.5) is 0 Å². The van der Waals surface area contributed by atoms with Gasteiger partial charge in [-0.2, -0.15) is 0 Å². The Morgan fingerprint density at radius 3 is 3.07 bits per heavy atom. The van der Waals surface area contributed by atoms with Crippen molar-refractivity contribution in [2.45, 2.75) is 39.5 Å². The van der Waals surface area contributed by atoms with Crippen molar-refractivity contribution < 1.29 is 4.74 Å². The van der Waals surface area contributed by atoms with E-state index in [-0.39, 0.29) is 0 Å². The van der Waals surface area contributed by atoms with Gasteiger partial charge in [-0.3, -0.25) is 0 Å². The van der Waals surface area contributed by atoms with Crippen LogP contribution >= 0.6 is 11.3 Å². The molecule has 0 amide bonds. The SMILES string of the molecule is CCC(C)NCc1cnc(COC)s1. The summed E-state index contributed by atoms with van der Waals surface area (Å²) in [7, 11) is 1.69. The first-order valence-corrected chi connectivity index (χ1v) is 5.73. The van der Waals surface area contributed by atoms with Crippen LogP contribution in [0.1, 0.15) is 30.2 Å². The van der Waals surface area contributed by atoms with Crippen LogP contribution in [0.25, 0.3) is 0 Å². The largest absolute Gasteiger partial charge is 0.378 e. The van der Waals surface area contributed by atoms with Gasteiger partial charge >= 0.3 is 0 Å². The summed E-state index contributed by atoms with van der Waals surface area (Å²) in [5.41, 5.74) is 0. The van der Waals surface area contributed by atoms with E-state index in [1.54, 1.807) is 18.4 Å². The molecule has 0 bridgehead atoms. The van der Waals surface area contributed by atoms with Crippen LogP contribution in [-0.2, 0) is 17.9 Å². The number of aromatic nitrogens is 1. The van der Waals surface area contributed by atoms with Crippen LogP contribution in [0.5, 0.6) is 0 Å². The highest BCUT2D eigenvalue weighted by molar-refractivity contribution is 7.11. The molecule has 0 fully saturated rings. The molecule has 0 aliphatic carbocycles. The lowest BCUT2D eigenvalue weighted by Gasteiger charge is -2.08. The van der Waals surface area contributed by atoms with Crippen molar-refractivity contribution in [3.8, 4) is 0 Å². The van der Waals surface area contributed by atoms with E-state index >= 15 is 0 Å². The fourth-order valence-corrected chi connectivity index (χ4v) is 1.88. The molecule has 1 aromatic heterocycles. The van der Waals surface area contributed by atoms with Crippen molar-refractivity contribution in [3.05, 3.63) is 16.1 Å². The molecular weight excluding hydrogens is 196 g/mol. The highest BCUT2D eigenvalue weighted by atomic mass is 32.1. The number of hydrogen-bond donors (Lipinski definition) is 1. The monoisotopic (exact) mass is 214 g/mol. The van der Waals surface area contributed by atoms with Gasteiger partial charge in [0.05, 0.1) is 6.61 Å². The molecule has 0 aliphatic heterocycles. The van der Waals surface area contributed by atoms with Gasteiger partial charge in [-0.15, -0.1) is 11.3 Å². The van der Waals surface area contributed by atoms with Gasteiger partial charge in [0, 0.05) is 30.8 Å². The quantitative estimate of drug-likeness (QED) is 0.788. The van der Waals surface area contributed by atoms with Crippen LogP contribution in [0.15, 0.2) is 6.20 Å². The molecule has 0 radical (unpaired) electrons. The fourth-order valence-electron chi connectivity index (χ4n) is 1.04. The van der Waals surface area contributed by atoms with Crippen LogP contribution in [0, 0.1) is 0 Å². The Morgan fingerprint density at radius 2 is 2.43 bits per heavy atom. The molecule has 1 heterocycles. The first-order valence-electron chi connectivity index (χ1n) is 4.92. The predicted molar refractivity (Wildman–Crippen MR) is 59.4 cm³/mol. The number of nitrogens with zero attached hydrogens (tertiary/aromatic N) is 1. The average Bonchev–Trinajstić information content (AvgIpc) is 2.63. The molecule has 0 saturated carbocycles. The molecule has 3 nitrogen and oxygen atoms in total. The van der Waals surface area contributed by atoms with E-state index in [0.29, 0.717) is 12.6 Å². The van der Waals surface area contributed by atoms with Crippen molar-refractivity contribution in [2.24, 2.45) is 0 Å². The standard InChI is InChI=1S/C10H18N2OS/c1-4-8(2)11-5-9-6-12-10(14-9)7-13-3/h6,8,11H,4-5,7H2,1-3H3. The molecule has 1 aromatic rings. The van der Waals surface area contributed by atoms with Crippen molar-refractivity contribution in [3.63, 3.8) is 0 Å². The second-order valence-corrected chi connectivity index (χ2v) is 4.54. The second-order valence-electron chi connectivity index (χ2n) is 3.34. The normalized spacial score (nSPS) is 13.1. The molecule has 80 valence electrons. The highest BCUT2D eigenvalue weighted by Gasteiger charge is 2.02. The third kappa shape index (κ3) is 3.74. The Labute approximate surface area is 89.5 Å². The maximum atomic E-state index is 5.02. The Bertz CT molecular complexity index is 262. The molecule has 0 aliphatic rings. The summed E-state index contributed by atoms with van der Waals surface area (Å²) >= 11 is 1.71. The highest BCUT2D eigenvalue weighted by Crippen LogP contribution is 2.13. The zero-order chi connectivity index (χ0) is 10.4. The molecule has 0 spiro atoms.